The maximum Gasteiger partial charge on any atom is 0.266 e. The largest absolute Gasteiger partial charge is 0.296 e. The zero-order valence-corrected chi connectivity index (χ0v) is 22.0. The van der Waals surface area contributed by atoms with Crippen LogP contribution in [-0.2, 0) is 15.1 Å². The second kappa shape index (κ2) is 7.96. The first-order chi connectivity index (χ1) is 19.4. The van der Waals surface area contributed by atoms with E-state index in [4.69, 9.17) is 4.98 Å². The molecule has 40 heavy (non-hydrogen) atoms. The van der Waals surface area contributed by atoms with Gasteiger partial charge >= 0.3 is 0 Å². The lowest BCUT2D eigenvalue weighted by atomic mass is 9.75. The van der Waals surface area contributed by atoms with Gasteiger partial charge in [0, 0.05) is 11.6 Å². The van der Waals surface area contributed by atoms with Crippen LogP contribution in [0.25, 0.3) is 27.4 Å². The third kappa shape index (κ3) is 2.77. The molecule has 2 amide bonds. The molecule has 8 rings (SSSR count). The second-order valence-electron chi connectivity index (χ2n) is 11.4. The van der Waals surface area contributed by atoms with Gasteiger partial charge in [-0.1, -0.05) is 74.5 Å². The van der Waals surface area contributed by atoms with Crippen molar-refractivity contribution >= 4 is 39.2 Å². The molecule has 196 valence electrons. The molecule has 4 aromatic carbocycles. The van der Waals surface area contributed by atoms with E-state index in [9.17, 15) is 14.4 Å². The first kappa shape index (κ1) is 23.3. The van der Waals surface area contributed by atoms with E-state index in [-0.39, 0.29) is 29.3 Å². The number of imide groups is 1. The lowest BCUT2D eigenvalue weighted by molar-refractivity contribution is -0.123. The van der Waals surface area contributed by atoms with Gasteiger partial charge in [0.25, 0.3) is 5.56 Å². The molecule has 0 unspecified atom stereocenters. The van der Waals surface area contributed by atoms with Crippen LogP contribution in [0.15, 0.2) is 95.8 Å². The Hall–Kier alpha value is -4.62. The minimum absolute atomic E-state index is 0.0496. The Morgan fingerprint density at radius 3 is 2.38 bits per heavy atom. The fourth-order valence-electron chi connectivity index (χ4n) is 7.29. The number of hydrogen-bond acceptors (Lipinski definition) is 5. The fourth-order valence-corrected chi connectivity index (χ4v) is 7.29. The third-order valence-corrected chi connectivity index (χ3v) is 9.01. The van der Waals surface area contributed by atoms with Crippen LogP contribution in [-0.4, -0.2) is 27.4 Å². The number of amides is 2. The smallest absolute Gasteiger partial charge is 0.266 e. The Balaban J connectivity index is 1.40. The second-order valence-corrected chi connectivity index (χ2v) is 11.4. The Bertz CT molecular complexity index is 1980. The summed E-state index contributed by atoms with van der Waals surface area (Å²) in [6.07, 6.45) is 0. The molecule has 0 aliphatic carbocycles. The zero-order chi connectivity index (χ0) is 27.3. The Morgan fingerprint density at radius 1 is 0.825 bits per heavy atom. The maximum atomic E-state index is 14.6. The highest BCUT2D eigenvalue weighted by atomic mass is 16.2. The lowest BCUT2D eigenvalue weighted by Gasteiger charge is -2.32. The van der Waals surface area contributed by atoms with Crippen molar-refractivity contribution in [3.05, 3.63) is 113 Å². The molecule has 0 saturated carbocycles. The van der Waals surface area contributed by atoms with Crippen LogP contribution >= 0.6 is 0 Å². The number of rotatable bonds is 2. The van der Waals surface area contributed by atoms with Crippen LogP contribution in [0.1, 0.15) is 25.2 Å². The van der Waals surface area contributed by atoms with E-state index >= 15 is 0 Å². The molecular weight excluding hydrogens is 500 g/mol. The van der Waals surface area contributed by atoms with Gasteiger partial charge in [-0.2, -0.15) is 0 Å². The van der Waals surface area contributed by atoms with Crippen molar-refractivity contribution in [3.8, 4) is 5.69 Å². The molecule has 5 aromatic rings. The third-order valence-electron chi connectivity index (χ3n) is 9.01. The summed E-state index contributed by atoms with van der Waals surface area (Å²) in [7, 11) is 0. The summed E-state index contributed by atoms with van der Waals surface area (Å²) in [4.78, 5) is 49.2. The summed E-state index contributed by atoms with van der Waals surface area (Å²) >= 11 is 0. The van der Waals surface area contributed by atoms with Gasteiger partial charge in [-0.15, -0.1) is 0 Å². The SMILES string of the molecule is CC(C)[C@@H]1N[C@]2(c3ccccc3-n3c2nc2ccccc2c3=O)[C@H]2C(=O)N(c3ccc4ccccc4c3)C(=O)[C@@H]12. The normalized spacial score (nSPS) is 24.9. The van der Waals surface area contributed by atoms with E-state index in [0.717, 1.165) is 16.3 Å². The molecule has 3 aliphatic rings. The van der Waals surface area contributed by atoms with Gasteiger partial charge in [0.15, 0.2) is 0 Å². The predicted molar refractivity (Wildman–Crippen MR) is 153 cm³/mol. The number of anilines is 1. The van der Waals surface area contributed by atoms with Crippen LogP contribution in [0.3, 0.4) is 0 Å². The van der Waals surface area contributed by atoms with Gasteiger partial charge < -0.3 is 0 Å². The van der Waals surface area contributed by atoms with E-state index in [1.54, 1.807) is 10.6 Å². The van der Waals surface area contributed by atoms with Crippen molar-refractivity contribution in [2.24, 2.45) is 17.8 Å². The van der Waals surface area contributed by atoms with Crippen molar-refractivity contribution in [2.75, 3.05) is 4.90 Å². The van der Waals surface area contributed by atoms with Crippen LogP contribution in [0, 0.1) is 17.8 Å². The minimum atomic E-state index is -1.13. The van der Waals surface area contributed by atoms with Gasteiger partial charge in [-0.3, -0.25) is 24.3 Å². The van der Waals surface area contributed by atoms with Crippen molar-refractivity contribution in [1.82, 2.24) is 14.9 Å². The molecule has 1 N–H and O–H groups in total. The molecule has 4 heterocycles. The Kier molecular flexibility index (Phi) is 4.63. The number of nitrogens with one attached hydrogen (secondary N) is 1. The molecule has 1 aromatic heterocycles. The number of para-hydroxylation sites is 2. The number of carbonyl (C=O) groups is 2. The van der Waals surface area contributed by atoms with E-state index in [1.165, 1.54) is 4.90 Å². The summed E-state index contributed by atoms with van der Waals surface area (Å²) in [6.45, 7) is 4.12. The highest BCUT2D eigenvalue weighted by Crippen LogP contribution is 2.56. The number of carbonyl (C=O) groups excluding carboxylic acids is 2. The number of fused-ring (bicyclic) bond motifs is 9. The summed E-state index contributed by atoms with van der Waals surface area (Å²) in [5.74, 6) is -1.34. The van der Waals surface area contributed by atoms with Crippen molar-refractivity contribution in [3.63, 3.8) is 0 Å². The van der Waals surface area contributed by atoms with Crippen LogP contribution in [0.2, 0.25) is 0 Å². The van der Waals surface area contributed by atoms with Crippen molar-refractivity contribution < 1.29 is 9.59 Å². The van der Waals surface area contributed by atoms with Gasteiger partial charge in [0.2, 0.25) is 11.8 Å². The topological polar surface area (TPSA) is 84.3 Å². The van der Waals surface area contributed by atoms with E-state index in [2.05, 4.69) is 19.2 Å². The quantitative estimate of drug-likeness (QED) is 0.342. The van der Waals surface area contributed by atoms with Gasteiger partial charge in [0.05, 0.1) is 34.1 Å². The number of hydrogen-bond donors (Lipinski definition) is 1. The molecule has 7 nitrogen and oxygen atoms in total. The zero-order valence-electron chi connectivity index (χ0n) is 22.0. The monoisotopic (exact) mass is 526 g/mol. The Morgan fingerprint density at radius 2 is 1.55 bits per heavy atom. The summed E-state index contributed by atoms with van der Waals surface area (Å²) in [6, 6.07) is 28.2. The highest BCUT2D eigenvalue weighted by Gasteiger charge is 2.70. The van der Waals surface area contributed by atoms with Gasteiger partial charge in [-0.05, 0) is 47.0 Å². The first-order valence-corrected chi connectivity index (χ1v) is 13.7. The average molecular weight is 527 g/mol. The summed E-state index contributed by atoms with van der Waals surface area (Å²) < 4.78 is 1.64. The molecule has 2 fully saturated rings. The van der Waals surface area contributed by atoms with Crippen LogP contribution in [0.4, 0.5) is 5.69 Å². The van der Waals surface area contributed by atoms with Crippen LogP contribution < -0.4 is 15.8 Å². The molecule has 0 bridgehead atoms. The molecule has 7 heteroatoms. The maximum absolute atomic E-state index is 14.6. The lowest BCUT2D eigenvalue weighted by Crippen LogP contribution is -2.51. The highest BCUT2D eigenvalue weighted by molar-refractivity contribution is 6.23. The minimum Gasteiger partial charge on any atom is -0.296 e. The van der Waals surface area contributed by atoms with E-state index in [1.807, 2.05) is 84.9 Å². The van der Waals surface area contributed by atoms with Crippen molar-refractivity contribution in [1.29, 1.82) is 0 Å². The van der Waals surface area contributed by atoms with E-state index in [0.29, 0.717) is 28.1 Å². The van der Waals surface area contributed by atoms with Gasteiger partial charge in [0.1, 0.15) is 11.4 Å². The van der Waals surface area contributed by atoms with Crippen molar-refractivity contribution in [2.45, 2.75) is 25.4 Å². The van der Waals surface area contributed by atoms with E-state index < -0.39 is 17.4 Å². The molecule has 2 saturated heterocycles. The molecule has 1 spiro atoms. The summed E-state index contributed by atoms with van der Waals surface area (Å²) in [5, 5.41) is 6.26. The van der Waals surface area contributed by atoms with Gasteiger partial charge in [-0.25, -0.2) is 9.88 Å². The Labute approximate surface area is 230 Å². The number of aromatic nitrogens is 2. The summed E-state index contributed by atoms with van der Waals surface area (Å²) in [5.41, 5.74) is 1.32. The average Bonchev–Trinajstić information content (AvgIpc) is 3.56. The first-order valence-electron chi connectivity index (χ1n) is 13.7. The standard InChI is InChI=1S/C33H26N4O3/c1-18(2)28-26-27(31(40)36(30(26)39)21-16-15-19-9-3-4-10-20(19)17-21)33(35-28)23-12-6-8-14-25(23)37-29(38)22-11-5-7-13-24(22)34-32(33)37/h3-18,26-28,35H,1-2H3/t26-,27-,28+,33-/m1/s1. The molecule has 0 radical (unpaired) electrons. The molecule has 4 atom stereocenters. The predicted octanol–water partition coefficient (Wildman–Crippen LogP) is 4.53. The molecular formula is C33H26N4O3. The number of nitrogens with zero attached hydrogens (tertiary/aromatic N) is 3. The fraction of sp³-hybridized carbons (Fsp3) is 0.212. The molecule has 3 aliphatic heterocycles. The number of benzene rings is 4. The van der Waals surface area contributed by atoms with Crippen LogP contribution in [0.5, 0.6) is 0 Å².